The fourth-order valence-corrected chi connectivity index (χ4v) is 2.57. The molecule has 1 aromatic carbocycles. The summed E-state index contributed by atoms with van der Waals surface area (Å²) in [6.07, 6.45) is 1.07. The summed E-state index contributed by atoms with van der Waals surface area (Å²) in [4.78, 5) is 24.6. The molecule has 0 bridgehead atoms. The van der Waals surface area contributed by atoms with Crippen molar-refractivity contribution in [1.29, 1.82) is 0 Å². The third kappa shape index (κ3) is 2.26. The maximum Gasteiger partial charge on any atom is 0.299 e. The maximum absolute atomic E-state index is 11.8. The Morgan fingerprint density at radius 3 is 2.56 bits per heavy atom. The number of rotatable bonds is 3. The van der Waals surface area contributed by atoms with Gasteiger partial charge in [0.1, 0.15) is 9.84 Å². The van der Waals surface area contributed by atoms with E-state index in [4.69, 9.17) is 11.6 Å². The lowest BCUT2D eigenvalue weighted by molar-refractivity contribution is -0.114. The molecule has 0 saturated heterocycles. The highest BCUT2D eigenvalue weighted by Crippen LogP contribution is 2.35. The lowest BCUT2D eigenvalue weighted by Crippen LogP contribution is -2.34. The minimum absolute atomic E-state index is 0.0693. The molecule has 0 N–H and O–H groups in total. The summed E-state index contributed by atoms with van der Waals surface area (Å²) in [5.41, 5.74) is 0.527. The zero-order chi connectivity index (χ0) is 13.5. The topological polar surface area (TPSA) is 71.5 Å². The first kappa shape index (κ1) is 13.0. The number of carbonyl (C=O) groups is 2. The van der Waals surface area contributed by atoms with Crippen molar-refractivity contribution in [2.75, 3.05) is 23.5 Å². The van der Waals surface area contributed by atoms with E-state index in [2.05, 4.69) is 0 Å². The third-order valence-corrected chi connectivity index (χ3v) is 3.86. The zero-order valence-corrected chi connectivity index (χ0v) is 11.1. The molecule has 0 unspecified atom stereocenters. The Kier molecular flexibility index (Phi) is 3.16. The monoisotopic (exact) mass is 287 g/mol. The van der Waals surface area contributed by atoms with Crippen LogP contribution in [0.3, 0.4) is 0 Å². The van der Waals surface area contributed by atoms with Crippen LogP contribution in [0.2, 0.25) is 5.02 Å². The van der Waals surface area contributed by atoms with Gasteiger partial charge in [0, 0.05) is 12.8 Å². The summed E-state index contributed by atoms with van der Waals surface area (Å²) in [6.45, 7) is -0.0693. The van der Waals surface area contributed by atoms with Crippen molar-refractivity contribution in [3.8, 4) is 0 Å². The number of sulfone groups is 1. The van der Waals surface area contributed by atoms with Gasteiger partial charge in [0.05, 0.1) is 22.0 Å². The highest BCUT2D eigenvalue weighted by molar-refractivity contribution is 7.90. The number of carbonyl (C=O) groups excluding carboxylic acids is 2. The maximum atomic E-state index is 11.8. The first-order chi connectivity index (χ1) is 8.31. The predicted octanol–water partition coefficient (Wildman–Crippen LogP) is 0.914. The second-order valence-corrected chi connectivity index (χ2v) is 6.72. The fourth-order valence-electron chi connectivity index (χ4n) is 1.78. The molecule has 7 heteroatoms. The molecule has 2 rings (SSSR count). The number of hydrogen-bond acceptors (Lipinski definition) is 4. The van der Waals surface area contributed by atoms with Crippen molar-refractivity contribution in [2.24, 2.45) is 0 Å². The summed E-state index contributed by atoms with van der Waals surface area (Å²) in [5, 5.41) is 0.264. The molecule has 18 heavy (non-hydrogen) atoms. The van der Waals surface area contributed by atoms with E-state index in [9.17, 15) is 18.0 Å². The number of nitrogens with zero attached hydrogens (tertiary/aromatic N) is 1. The van der Waals surface area contributed by atoms with Gasteiger partial charge in [0.25, 0.3) is 11.7 Å². The van der Waals surface area contributed by atoms with Crippen molar-refractivity contribution < 1.29 is 18.0 Å². The van der Waals surface area contributed by atoms with Gasteiger partial charge in [-0.1, -0.05) is 17.7 Å². The van der Waals surface area contributed by atoms with Crippen LogP contribution in [0.4, 0.5) is 5.69 Å². The number of halogens is 1. The quantitative estimate of drug-likeness (QED) is 0.775. The molecule has 0 saturated carbocycles. The van der Waals surface area contributed by atoms with E-state index >= 15 is 0 Å². The minimum atomic E-state index is -3.22. The van der Waals surface area contributed by atoms with E-state index in [0.29, 0.717) is 5.69 Å². The minimum Gasteiger partial charge on any atom is -0.302 e. The number of ketones is 1. The van der Waals surface area contributed by atoms with E-state index < -0.39 is 21.5 Å². The molecule has 0 atom stereocenters. The Hall–Kier alpha value is -1.40. The molecule has 0 spiro atoms. The van der Waals surface area contributed by atoms with E-state index in [1.807, 2.05) is 0 Å². The molecule has 1 aliphatic rings. The van der Waals surface area contributed by atoms with Crippen molar-refractivity contribution >= 4 is 38.8 Å². The number of Topliss-reactive ketones (excluding diaryl/α,β-unsaturated/α-hetero) is 1. The molecular formula is C11H10ClNO4S. The van der Waals surface area contributed by atoms with Gasteiger partial charge < -0.3 is 4.90 Å². The summed E-state index contributed by atoms with van der Waals surface area (Å²) in [7, 11) is -3.22. The molecule has 0 fully saturated rings. The van der Waals surface area contributed by atoms with Crippen molar-refractivity contribution in [1.82, 2.24) is 0 Å². The van der Waals surface area contributed by atoms with Crippen LogP contribution >= 0.6 is 11.6 Å². The SMILES string of the molecule is CS(=O)(=O)CCN1C(=O)C(=O)c2cccc(Cl)c21. The first-order valence-corrected chi connectivity index (χ1v) is 7.57. The van der Waals surface area contributed by atoms with Crippen LogP contribution in [0.15, 0.2) is 18.2 Å². The Labute approximate surface area is 109 Å². The number of amides is 1. The standard InChI is InChI=1S/C11H10ClNO4S/c1-18(16,17)6-5-13-9-7(10(14)11(13)15)3-2-4-8(9)12/h2-4H,5-6H2,1H3. The summed E-state index contributed by atoms with van der Waals surface area (Å²) < 4.78 is 22.2. The highest BCUT2D eigenvalue weighted by atomic mass is 35.5. The van der Waals surface area contributed by atoms with Crippen LogP contribution in [0, 0.1) is 0 Å². The van der Waals surface area contributed by atoms with Crippen LogP contribution < -0.4 is 4.90 Å². The Balaban J connectivity index is 2.40. The van der Waals surface area contributed by atoms with Gasteiger partial charge in [-0.2, -0.15) is 0 Å². The molecule has 0 aromatic heterocycles. The van der Waals surface area contributed by atoms with Gasteiger partial charge in [-0.05, 0) is 12.1 Å². The lowest BCUT2D eigenvalue weighted by Gasteiger charge is -2.16. The second kappa shape index (κ2) is 4.37. The van der Waals surface area contributed by atoms with E-state index in [-0.39, 0.29) is 22.9 Å². The smallest absolute Gasteiger partial charge is 0.299 e. The number of benzene rings is 1. The lowest BCUT2D eigenvalue weighted by atomic mass is 10.1. The molecule has 1 heterocycles. The number of anilines is 1. The number of fused-ring (bicyclic) bond motifs is 1. The molecule has 1 aromatic rings. The first-order valence-electron chi connectivity index (χ1n) is 5.13. The highest BCUT2D eigenvalue weighted by Gasteiger charge is 2.37. The third-order valence-electron chi connectivity index (χ3n) is 2.63. The second-order valence-electron chi connectivity index (χ2n) is 4.05. The van der Waals surface area contributed by atoms with Crippen molar-refractivity contribution in [3.63, 3.8) is 0 Å². The van der Waals surface area contributed by atoms with Gasteiger partial charge in [0.15, 0.2) is 0 Å². The fraction of sp³-hybridized carbons (Fsp3) is 0.273. The van der Waals surface area contributed by atoms with Crippen LogP contribution in [-0.2, 0) is 14.6 Å². The summed E-state index contributed by atoms with van der Waals surface area (Å²) >= 11 is 5.95. The normalized spacial score (nSPS) is 15.1. The average Bonchev–Trinajstić information content (AvgIpc) is 2.51. The van der Waals surface area contributed by atoms with Crippen LogP contribution in [0.5, 0.6) is 0 Å². The summed E-state index contributed by atoms with van der Waals surface area (Å²) in [5.74, 6) is -1.60. The van der Waals surface area contributed by atoms with Crippen LogP contribution in [0.25, 0.3) is 0 Å². The zero-order valence-electron chi connectivity index (χ0n) is 9.51. The number of para-hydroxylation sites is 1. The Morgan fingerprint density at radius 1 is 1.28 bits per heavy atom. The number of hydrogen-bond donors (Lipinski definition) is 0. The van der Waals surface area contributed by atoms with Gasteiger partial charge in [-0.3, -0.25) is 9.59 Å². The molecule has 96 valence electrons. The van der Waals surface area contributed by atoms with E-state index in [1.54, 1.807) is 12.1 Å². The molecule has 0 aliphatic carbocycles. The molecular weight excluding hydrogens is 278 g/mol. The average molecular weight is 288 g/mol. The van der Waals surface area contributed by atoms with Crippen LogP contribution in [0.1, 0.15) is 10.4 Å². The molecule has 0 radical (unpaired) electrons. The molecule has 1 aliphatic heterocycles. The largest absolute Gasteiger partial charge is 0.302 e. The van der Waals surface area contributed by atoms with E-state index in [1.165, 1.54) is 6.07 Å². The van der Waals surface area contributed by atoms with Crippen molar-refractivity contribution in [2.45, 2.75) is 0 Å². The van der Waals surface area contributed by atoms with Gasteiger partial charge in [-0.25, -0.2) is 8.42 Å². The van der Waals surface area contributed by atoms with E-state index in [0.717, 1.165) is 11.2 Å². The van der Waals surface area contributed by atoms with Gasteiger partial charge in [-0.15, -0.1) is 0 Å². The van der Waals surface area contributed by atoms with Crippen molar-refractivity contribution in [3.05, 3.63) is 28.8 Å². The molecule has 1 amide bonds. The Morgan fingerprint density at radius 2 is 1.94 bits per heavy atom. The summed E-state index contributed by atoms with van der Waals surface area (Å²) in [6, 6.07) is 4.63. The van der Waals surface area contributed by atoms with Crippen LogP contribution in [-0.4, -0.2) is 38.7 Å². The van der Waals surface area contributed by atoms with Gasteiger partial charge in [0.2, 0.25) is 0 Å². The van der Waals surface area contributed by atoms with Gasteiger partial charge >= 0.3 is 0 Å². The molecule has 5 nitrogen and oxygen atoms in total. The predicted molar refractivity (Wildman–Crippen MR) is 67.8 cm³/mol. The Bertz CT molecular complexity index is 638.